The number of rotatable bonds is 4. The molecule has 0 unspecified atom stereocenters. The van der Waals surface area contributed by atoms with Crippen LogP contribution in [0.15, 0.2) is 21.1 Å². The van der Waals surface area contributed by atoms with Crippen molar-refractivity contribution >= 4 is 37.5 Å². The molecule has 1 aromatic rings. The van der Waals surface area contributed by atoms with E-state index < -0.39 is 0 Å². The second-order valence-electron chi connectivity index (χ2n) is 6.48. The highest BCUT2D eigenvalue weighted by Gasteiger charge is 2.22. The summed E-state index contributed by atoms with van der Waals surface area (Å²) in [5.41, 5.74) is 2.71. The number of benzene rings is 1. The summed E-state index contributed by atoms with van der Waals surface area (Å²) in [6.45, 7) is 3.20. The molecule has 22 heavy (non-hydrogen) atoms. The third kappa shape index (κ3) is 4.05. The molecule has 1 heterocycles. The van der Waals surface area contributed by atoms with Crippen LogP contribution in [0.25, 0.3) is 0 Å². The Bertz CT molecular complexity index is 510. The van der Waals surface area contributed by atoms with Gasteiger partial charge in [-0.3, -0.25) is 0 Å². The number of aliphatic hydroxyl groups is 1. The molecule has 2 aliphatic rings. The first kappa shape index (κ1) is 16.7. The van der Waals surface area contributed by atoms with Crippen LogP contribution in [-0.4, -0.2) is 30.3 Å². The smallest absolute Gasteiger partial charge is 0.0557 e. The van der Waals surface area contributed by atoms with Gasteiger partial charge in [0.25, 0.3) is 0 Å². The third-order valence-corrected chi connectivity index (χ3v) is 5.87. The fourth-order valence-electron chi connectivity index (χ4n) is 3.58. The highest BCUT2D eigenvalue weighted by atomic mass is 79.9. The lowest BCUT2D eigenvalue weighted by molar-refractivity contribution is 0.116. The molecule has 3 rings (SSSR count). The Labute approximate surface area is 149 Å². The molecule has 0 aromatic heterocycles. The standard InChI is InChI=1S/C17H24Br2N2O/c18-13-9-12(11-20-14-3-5-15(22)6-4-14)17(16(19)10-13)21-7-1-2-8-21/h9-10,14-15,20,22H,1-8,11H2. The largest absolute Gasteiger partial charge is 0.393 e. The Morgan fingerprint density at radius 3 is 2.45 bits per heavy atom. The van der Waals surface area contributed by atoms with Crippen LogP contribution in [0.2, 0.25) is 0 Å². The second-order valence-corrected chi connectivity index (χ2v) is 8.25. The maximum Gasteiger partial charge on any atom is 0.0557 e. The zero-order valence-corrected chi connectivity index (χ0v) is 16.0. The number of nitrogens with zero attached hydrogens (tertiary/aromatic N) is 1. The normalized spacial score (nSPS) is 25.7. The monoisotopic (exact) mass is 430 g/mol. The Morgan fingerprint density at radius 2 is 1.77 bits per heavy atom. The quantitative estimate of drug-likeness (QED) is 0.749. The lowest BCUT2D eigenvalue weighted by atomic mass is 9.93. The highest BCUT2D eigenvalue weighted by Crippen LogP contribution is 2.35. The molecular weight excluding hydrogens is 408 g/mol. The fraction of sp³-hybridized carbons (Fsp3) is 0.647. The Hall–Kier alpha value is -0.100. The second kappa shape index (κ2) is 7.65. The molecule has 1 aliphatic heterocycles. The van der Waals surface area contributed by atoms with Gasteiger partial charge in [0.05, 0.1) is 11.8 Å². The molecule has 1 saturated heterocycles. The molecule has 3 nitrogen and oxygen atoms in total. The lowest BCUT2D eigenvalue weighted by Gasteiger charge is -2.28. The van der Waals surface area contributed by atoms with Gasteiger partial charge in [0.2, 0.25) is 0 Å². The number of anilines is 1. The summed E-state index contributed by atoms with van der Waals surface area (Å²) in [7, 11) is 0. The van der Waals surface area contributed by atoms with E-state index in [0.717, 1.165) is 49.8 Å². The van der Waals surface area contributed by atoms with Gasteiger partial charge in [0, 0.05) is 34.6 Å². The summed E-state index contributed by atoms with van der Waals surface area (Å²) in [5.74, 6) is 0. The maximum absolute atomic E-state index is 9.63. The molecule has 0 bridgehead atoms. The van der Waals surface area contributed by atoms with Crippen molar-refractivity contribution < 1.29 is 5.11 Å². The van der Waals surface area contributed by atoms with Gasteiger partial charge >= 0.3 is 0 Å². The first-order valence-corrected chi connectivity index (χ1v) is 9.86. The van der Waals surface area contributed by atoms with Crippen LogP contribution in [0.1, 0.15) is 44.1 Å². The molecule has 2 fully saturated rings. The third-order valence-electron chi connectivity index (χ3n) is 4.81. The van der Waals surface area contributed by atoms with E-state index in [1.165, 1.54) is 28.6 Å². The summed E-state index contributed by atoms with van der Waals surface area (Å²) >= 11 is 7.37. The van der Waals surface area contributed by atoms with Crippen LogP contribution in [-0.2, 0) is 6.54 Å². The van der Waals surface area contributed by atoms with Crippen LogP contribution in [0.5, 0.6) is 0 Å². The van der Waals surface area contributed by atoms with Gasteiger partial charge in [-0.2, -0.15) is 0 Å². The summed E-state index contributed by atoms with van der Waals surface area (Å²) in [6.07, 6.45) is 6.51. The minimum atomic E-state index is -0.0850. The van der Waals surface area contributed by atoms with Crippen molar-refractivity contribution in [3.05, 3.63) is 26.6 Å². The molecule has 1 saturated carbocycles. The number of aliphatic hydroxyl groups excluding tert-OH is 1. The average molecular weight is 432 g/mol. The molecule has 1 aromatic carbocycles. The zero-order chi connectivity index (χ0) is 15.5. The predicted octanol–water partition coefficient (Wildman–Crippen LogP) is 4.20. The van der Waals surface area contributed by atoms with Gasteiger partial charge in [-0.05, 0) is 72.2 Å². The van der Waals surface area contributed by atoms with E-state index in [1.54, 1.807) is 0 Å². The Balaban J connectivity index is 1.71. The molecule has 0 atom stereocenters. The van der Waals surface area contributed by atoms with Gasteiger partial charge in [-0.15, -0.1) is 0 Å². The lowest BCUT2D eigenvalue weighted by Crippen LogP contribution is -2.34. The van der Waals surface area contributed by atoms with Gasteiger partial charge in [0.15, 0.2) is 0 Å². The number of hydrogen-bond donors (Lipinski definition) is 2. The summed E-state index contributed by atoms with van der Waals surface area (Å²) in [6, 6.07) is 4.92. The molecule has 2 N–H and O–H groups in total. The molecular formula is C17H24Br2N2O. The average Bonchev–Trinajstić information content (AvgIpc) is 3.00. The van der Waals surface area contributed by atoms with Gasteiger partial charge in [-0.25, -0.2) is 0 Å². The minimum Gasteiger partial charge on any atom is -0.393 e. The van der Waals surface area contributed by atoms with E-state index in [2.05, 4.69) is 54.2 Å². The molecule has 122 valence electrons. The van der Waals surface area contributed by atoms with Crippen LogP contribution < -0.4 is 10.2 Å². The van der Waals surface area contributed by atoms with Crippen molar-refractivity contribution in [3.8, 4) is 0 Å². The first-order chi connectivity index (χ1) is 10.6. The van der Waals surface area contributed by atoms with Crippen molar-refractivity contribution in [3.63, 3.8) is 0 Å². The van der Waals surface area contributed by atoms with Crippen molar-refractivity contribution in [2.45, 2.75) is 57.2 Å². The van der Waals surface area contributed by atoms with Crippen molar-refractivity contribution in [1.82, 2.24) is 5.32 Å². The summed E-state index contributed by atoms with van der Waals surface area (Å²) < 4.78 is 2.30. The SMILES string of the molecule is OC1CCC(NCc2cc(Br)cc(Br)c2N2CCCC2)CC1. The molecule has 5 heteroatoms. The van der Waals surface area contributed by atoms with Crippen LogP contribution >= 0.6 is 31.9 Å². The number of halogens is 2. The zero-order valence-electron chi connectivity index (χ0n) is 12.8. The minimum absolute atomic E-state index is 0.0850. The van der Waals surface area contributed by atoms with Crippen molar-refractivity contribution in [1.29, 1.82) is 0 Å². The van der Waals surface area contributed by atoms with Gasteiger partial charge < -0.3 is 15.3 Å². The molecule has 0 amide bonds. The molecule has 0 radical (unpaired) electrons. The van der Waals surface area contributed by atoms with E-state index in [-0.39, 0.29) is 6.10 Å². The number of nitrogens with one attached hydrogen (secondary N) is 1. The van der Waals surface area contributed by atoms with Crippen LogP contribution in [0.3, 0.4) is 0 Å². The molecule has 1 aliphatic carbocycles. The number of hydrogen-bond acceptors (Lipinski definition) is 3. The van der Waals surface area contributed by atoms with Crippen LogP contribution in [0, 0.1) is 0 Å². The summed E-state index contributed by atoms with van der Waals surface area (Å²) in [4.78, 5) is 2.50. The van der Waals surface area contributed by atoms with E-state index >= 15 is 0 Å². The Morgan fingerprint density at radius 1 is 1.09 bits per heavy atom. The van der Waals surface area contributed by atoms with E-state index in [0.29, 0.717) is 6.04 Å². The summed E-state index contributed by atoms with van der Waals surface area (Å²) in [5, 5.41) is 13.3. The Kier molecular flexibility index (Phi) is 5.82. The van der Waals surface area contributed by atoms with Gasteiger partial charge in [0.1, 0.15) is 0 Å². The first-order valence-electron chi connectivity index (χ1n) is 8.28. The van der Waals surface area contributed by atoms with E-state index in [9.17, 15) is 5.11 Å². The topological polar surface area (TPSA) is 35.5 Å². The van der Waals surface area contributed by atoms with Crippen molar-refractivity contribution in [2.24, 2.45) is 0 Å². The van der Waals surface area contributed by atoms with E-state index in [1.807, 2.05) is 0 Å². The predicted molar refractivity (Wildman–Crippen MR) is 98.4 cm³/mol. The fourth-order valence-corrected chi connectivity index (χ4v) is 5.15. The van der Waals surface area contributed by atoms with Crippen molar-refractivity contribution in [2.75, 3.05) is 18.0 Å². The van der Waals surface area contributed by atoms with E-state index in [4.69, 9.17) is 0 Å². The van der Waals surface area contributed by atoms with Gasteiger partial charge in [-0.1, -0.05) is 15.9 Å². The van der Waals surface area contributed by atoms with Crippen LogP contribution in [0.4, 0.5) is 5.69 Å². The highest BCUT2D eigenvalue weighted by molar-refractivity contribution is 9.11. The maximum atomic E-state index is 9.63. The molecule has 0 spiro atoms.